The molecule has 0 radical (unpaired) electrons. The monoisotopic (exact) mass is 268 g/mol. The minimum atomic E-state index is -0.0207. The summed E-state index contributed by atoms with van der Waals surface area (Å²) in [6.07, 6.45) is 4.06. The summed E-state index contributed by atoms with van der Waals surface area (Å²) in [5.41, 5.74) is 0.305. The zero-order chi connectivity index (χ0) is 14.1. The maximum atomic E-state index is 5.90. The third-order valence-electron chi connectivity index (χ3n) is 4.64. The smallest absolute Gasteiger partial charge is 0.0600 e. The molecule has 3 heteroatoms. The lowest BCUT2D eigenvalue weighted by Gasteiger charge is -2.36. The first-order chi connectivity index (χ1) is 8.80. The van der Waals surface area contributed by atoms with Gasteiger partial charge < -0.3 is 10.1 Å². The molecule has 1 heterocycles. The summed E-state index contributed by atoms with van der Waals surface area (Å²) in [7, 11) is 0. The van der Waals surface area contributed by atoms with E-state index in [0.29, 0.717) is 11.6 Å². The van der Waals surface area contributed by atoms with Crippen molar-refractivity contribution in [3.05, 3.63) is 0 Å². The molecule has 2 atom stereocenters. The molecule has 3 nitrogen and oxygen atoms in total. The second-order valence-corrected chi connectivity index (χ2v) is 7.69. The third-order valence-corrected chi connectivity index (χ3v) is 4.64. The Morgan fingerprint density at radius 1 is 1.26 bits per heavy atom. The molecule has 0 bridgehead atoms. The Hall–Kier alpha value is -0.120. The first kappa shape index (κ1) is 15.3. The zero-order valence-corrected chi connectivity index (χ0v) is 13.5. The summed E-state index contributed by atoms with van der Waals surface area (Å²) in [5.74, 6) is 0.892. The standard InChI is InChI=1S/C16H32N2O/c1-13-8-9-17-16(5,14-6-7-14)12-18(13)10-11-19-15(2,3)4/h13-14,17H,6-12H2,1-5H3. The van der Waals surface area contributed by atoms with Crippen LogP contribution in [0.25, 0.3) is 0 Å². The summed E-state index contributed by atoms with van der Waals surface area (Å²) in [6, 6.07) is 0.664. The Bertz CT molecular complexity index is 296. The van der Waals surface area contributed by atoms with Gasteiger partial charge in [-0.1, -0.05) is 0 Å². The Labute approximate surface area is 119 Å². The molecule has 112 valence electrons. The summed E-state index contributed by atoms with van der Waals surface area (Å²) < 4.78 is 5.90. The molecule has 0 aromatic heterocycles. The Morgan fingerprint density at radius 2 is 1.95 bits per heavy atom. The van der Waals surface area contributed by atoms with Gasteiger partial charge in [-0.05, 0) is 66.3 Å². The molecule has 2 aliphatic rings. The van der Waals surface area contributed by atoms with Gasteiger partial charge in [-0.3, -0.25) is 4.90 Å². The SMILES string of the molecule is CC1CCNC(C)(C2CC2)CN1CCOC(C)(C)C. The van der Waals surface area contributed by atoms with Crippen molar-refractivity contribution in [2.75, 3.05) is 26.2 Å². The number of rotatable bonds is 4. The van der Waals surface area contributed by atoms with E-state index in [1.54, 1.807) is 0 Å². The summed E-state index contributed by atoms with van der Waals surface area (Å²) >= 11 is 0. The van der Waals surface area contributed by atoms with Gasteiger partial charge in [0, 0.05) is 24.7 Å². The first-order valence-corrected chi connectivity index (χ1v) is 7.93. The molecular formula is C16H32N2O. The highest BCUT2D eigenvalue weighted by atomic mass is 16.5. The predicted octanol–water partition coefficient (Wildman–Crippen LogP) is 2.65. The molecule has 2 rings (SSSR count). The lowest BCUT2D eigenvalue weighted by atomic mass is 9.95. The fourth-order valence-corrected chi connectivity index (χ4v) is 3.15. The molecule has 0 aromatic rings. The van der Waals surface area contributed by atoms with Gasteiger partial charge in [-0.15, -0.1) is 0 Å². The van der Waals surface area contributed by atoms with E-state index < -0.39 is 0 Å². The Morgan fingerprint density at radius 3 is 2.53 bits per heavy atom. The number of hydrogen-bond donors (Lipinski definition) is 1. The molecule has 1 saturated carbocycles. The molecule has 1 saturated heterocycles. The van der Waals surface area contributed by atoms with E-state index in [4.69, 9.17) is 4.74 Å². The van der Waals surface area contributed by atoms with Crippen LogP contribution >= 0.6 is 0 Å². The highest BCUT2D eigenvalue weighted by molar-refractivity contribution is 5.01. The van der Waals surface area contributed by atoms with Crippen molar-refractivity contribution in [3.8, 4) is 0 Å². The van der Waals surface area contributed by atoms with Crippen LogP contribution in [0.5, 0.6) is 0 Å². The van der Waals surface area contributed by atoms with Gasteiger partial charge in [-0.25, -0.2) is 0 Å². The van der Waals surface area contributed by atoms with Gasteiger partial charge in [0.05, 0.1) is 12.2 Å². The number of nitrogens with zero attached hydrogens (tertiary/aromatic N) is 1. The molecular weight excluding hydrogens is 236 g/mol. The topological polar surface area (TPSA) is 24.5 Å². The Balaban J connectivity index is 1.88. The fourth-order valence-electron chi connectivity index (χ4n) is 3.15. The average molecular weight is 268 g/mol. The van der Waals surface area contributed by atoms with Gasteiger partial charge >= 0.3 is 0 Å². The molecule has 0 aromatic carbocycles. The number of nitrogens with one attached hydrogen (secondary N) is 1. The number of hydrogen-bond acceptors (Lipinski definition) is 3. The van der Waals surface area contributed by atoms with Crippen molar-refractivity contribution in [2.24, 2.45) is 5.92 Å². The van der Waals surface area contributed by atoms with Crippen LogP contribution in [0.4, 0.5) is 0 Å². The maximum absolute atomic E-state index is 5.90. The van der Waals surface area contributed by atoms with E-state index in [9.17, 15) is 0 Å². The Kier molecular flexibility index (Phi) is 4.59. The second-order valence-electron chi connectivity index (χ2n) is 7.69. The van der Waals surface area contributed by atoms with Crippen LogP contribution in [0.15, 0.2) is 0 Å². The second kappa shape index (κ2) is 5.71. The van der Waals surface area contributed by atoms with E-state index in [2.05, 4.69) is 44.8 Å². The summed E-state index contributed by atoms with van der Waals surface area (Å²) in [6.45, 7) is 15.4. The van der Waals surface area contributed by atoms with Crippen LogP contribution in [-0.4, -0.2) is 48.3 Å². The molecule has 2 unspecified atom stereocenters. The van der Waals surface area contributed by atoms with Gasteiger partial charge in [-0.2, -0.15) is 0 Å². The van der Waals surface area contributed by atoms with Gasteiger partial charge in [0.15, 0.2) is 0 Å². The van der Waals surface area contributed by atoms with Gasteiger partial charge in [0.25, 0.3) is 0 Å². The lowest BCUT2D eigenvalue weighted by molar-refractivity contribution is -0.0189. The highest BCUT2D eigenvalue weighted by Gasteiger charge is 2.43. The molecule has 1 aliphatic carbocycles. The van der Waals surface area contributed by atoms with E-state index in [1.165, 1.54) is 25.8 Å². The minimum Gasteiger partial charge on any atom is -0.375 e. The molecule has 0 amide bonds. The minimum absolute atomic E-state index is 0.0207. The lowest BCUT2D eigenvalue weighted by Crippen LogP contribution is -2.52. The van der Waals surface area contributed by atoms with Crippen molar-refractivity contribution in [3.63, 3.8) is 0 Å². The van der Waals surface area contributed by atoms with Crippen LogP contribution in [0.3, 0.4) is 0 Å². The van der Waals surface area contributed by atoms with E-state index in [1.807, 2.05) is 0 Å². The molecule has 0 spiro atoms. The molecule has 1 aliphatic heterocycles. The van der Waals surface area contributed by atoms with Crippen LogP contribution in [-0.2, 0) is 4.74 Å². The predicted molar refractivity (Wildman–Crippen MR) is 80.5 cm³/mol. The first-order valence-electron chi connectivity index (χ1n) is 7.93. The van der Waals surface area contributed by atoms with Crippen molar-refractivity contribution in [2.45, 2.75) is 71.1 Å². The van der Waals surface area contributed by atoms with Crippen LogP contribution < -0.4 is 5.32 Å². The van der Waals surface area contributed by atoms with E-state index in [0.717, 1.165) is 25.6 Å². The number of ether oxygens (including phenoxy) is 1. The normalized spacial score (nSPS) is 34.3. The van der Waals surface area contributed by atoms with Gasteiger partial charge in [0.2, 0.25) is 0 Å². The summed E-state index contributed by atoms with van der Waals surface area (Å²) in [5, 5.41) is 3.80. The molecule has 2 fully saturated rings. The summed E-state index contributed by atoms with van der Waals surface area (Å²) in [4.78, 5) is 2.63. The van der Waals surface area contributed by atoms with Crippen molar-refractivity contribution >= 4 is 0 Å². The molecule has 1 N–H and O–H groups in total. The van der Waals surface area contributed by atoms with E-state index >= 15 is 0 Å². The third kappa shape index (κ3) is 4.44. The van der Waals surface area contributed by atoms with Crippen LogP contribution in [0.1, 0.15) is 53.9 Å². The quantitative estimate of drug-likeness (QED) is 0.848. The maximum Gasteiger partial charge on any atom is 0.0600 e. The van der Waals surface area contributed by atoms with Crippen molar-refractivity contribution in [1.82, 2.24) is 10.2 Å². The fraction of sp³-hybridized carbons (Fsp3) is 1.00. The zero-order valence-electron chi connectivity index (χ0n) is 13.5. The van der Waals surface area contributed by atoms with Gasteiger partial charge in [0.1, 0.15) is 0 Å². The van der Waals surface area contributed by atoms with Crippen molar-refractivity contribution < 1.29 is 4.74 Å². The van der Waals surface area contributed by atoms with Crippen LogP contribution in [0.2, 0.25) is 0 Å². The van der Waals surface area contributed by atoms with Crippen molar-refractivity contribution in [1.29, 1.82) is 0 Å². The highest BCUT2D eigenvalue weighted by Crippen LogP contribution is 2.40. The van der Waals surface area contributed by atoms with Crippen LogP contribution in [0, 0.1) is 5.92 Å². The molecule has 19 heavy (non-hydrogen) atoms. The largest absolute Gasteiger partial charge is 0.375 e. The van der Waals surface area contributed by atoms with E-state index in [-0.39, 0.29) is 5.60 Å². The average Bonchev–Trinajstić information content (AvgIpc) is 3.08.